The standard InChI is InChI=1S/C19H21FO3/c20-16-4-2-1-3-15(16)18(22)23-11-17(21)19-8-12-5-13(9-19)7-14(6-12)10-19/h1-4,12-14H,5-11H2. The maximum atomic E-state index is 13.6. The molecule has 1 aromatic rings. The van der Waals surface area contributed by atoms with Crippen LogP contribution < -0.4 is 0 Å². The lowest BCUT2D eigenvalue weighted by molar-refractivity contribution is -0.147. The summed E-state index contributed by atoms with van der Waals surface area (Å²) in [6.45, 7) is -0.223. The van der Waals surface area contributed by atoms with Gasteiger partial charge in [0.15, 0.2) is 12.4 Å². The molecule has 0 atom stereocenters. The van der Waals surface area contributed by atoms with Crippen molar-refractivity contribution >= 4 is 11.8 Å². The summed E-state index contributed by atoms with van der Waals surface area (Å²) in [7, 11) is 0. The molecule has 4 aliphatic carbocycles. The quantitative estimate of drug-likeness (QED) is 0.794. The summed E-state index contributed by atoms with van der Waals surface area (Å²) in [6, 6.07) is 5.71. The SMILES string of the molecule is O=C(OCC(=O)C12CC3CC(CC(C3)C1)C2)c1ccccc1F. The lowest BCUT2D eigenvalue weighted by Gasteiger charge is -2.55. The predicted molar refractivity (Wildman–Crippen MR) is 82.3 cm³/mol. The molecule has 0 N–H and O–H groups in total. The smallest absolute Gasteiger partial charge is 0.341 e. The van der Waals surface area contributed by atoms with E-state index in [1.807, 2.05) is 0 Å². The summed E-state index contributed by atoms with van der Waals surface area (Å²) in [6.07, 6.45) is 6.66. The number of halogens is 1. The van der Waals surface area contributed by atoms with Gasteiger partial charge >= 0.3 is 5.97 Å². The summed E-state index contributed by atoms with van der Waals surface area (Å²) >= 11 is 0. The number of benzene rings is 1. The van der Waals surface area contributed by atoms with Crippen LogP contribution in [0.4, 0.5) is 4.39 Å². The fraction of sp³-hybridized carbons (Fsp3) is 0.579. The van der Waals surface area contributed by atoms with Gasteiger partial charge < -0.3 is 4.74 Å². The number of hydrogen-bond donors (Lipinski definition) is 0. The second-order valence-electron chi connectivity index (χ2n) is 7.68. The molecule has 4 saturated carbocycles. The minimum Gasteiger partial charge on any atom is -0.454 e. The maximum Gasteiger partial charge on any atom is 0.341 e. The van der Waals surface area contributed by atoms with Crippen LogP contribution in [-0.2, 0) is 9.53 Å². The molecule has 3 nitrogen and oxygen atoms in total. The molecule has 0 aromatic heterocycles. The Bertz CT molecular complexity index is 616. The Morgan fingerprint density at radius 3 is 2.17 bits per heavy atom. The van der Waals surface area contributed by atoms with Crippen LogP contribution in [0.25, 0.3) is 0 Å². The monoisotopic (exact) mass is 316 g/mol. The Morgan fingerprint density at radius 2 is 1.61 bits per heavy atom. The van der Waals surface area contributed by atoms with E-state index in [0.717, 1.165) is 19.3 Å². The molecule has 0 saturated heterocycles. The van der Waals surface area contributed by atoms with Crippen molar-refractivity contribution in [1.29, 1.82) is 0 Å². The number of rotatable bonds is 4. The van der Waals surface area contributed by atoms with Crippen LogP contribution >= 0.6 is 0 Å². The van der Waals surface area contributed by atoms with Gasteiger partial charge in [0, 0.05) is 5.41 Å². The van der Waals surface area contributed by atoms with E-state index in [4.69, 9.17) is 4.74 Å². The Morgan fingerprint density at radius 1 is 1.04 bits per heavy atom. The normalized spacial score (nSPS) is 34.4. The second kappa shape index (κ2) is 5.43. The first kappa shape index (κ1) is 14.9. The van der Waals surface area contributed by atoms with Crippen LogP contribution in [0, 0.1) is 29.0 Å². The van der Waals surface area contributed by atoms with Gasteiger partial charge in [-0.3, -0.25) is 4.79 Å². The van der Waals surface area contributed by atoms with Gasteiger partial charge in [-0.1, -0.05) is 12.1 Å². The number of ketones is 1. The molecule has 5 rings (SSSR count). The van der Waals surface area contributed by atoms with E-state index in [1.54, 1.807) is 6.07 Å². The van der Waals surface area contributed by atoms with E-state index in [-0.39, 0.29) is 23.4 Å². The van der Waals surface area contributed by atoms with Crippen molar-refractivity contribution in [2.24, 2.45) is 23.2 Å². The molecule has 1 aromatic carbocycles. The van der Waals surface area contributed by atoms with Crippen molar-refractivity contribution in [3.8, 4) is 0 Å². The summed E-state index contributed by atoms with van der Waals surface area (Å²) in [4.78, 5) is 24.7. The van der Waals surface area contributed by atoms with Crippen molar-refractivity contribution in [3.63, 3.8) is 0 Å². The lowest BCUT2D eigenvalue weighted by atomic mass is 9.48. The first-order valence-electron chi connectivity index (χ1n) is 8.51. The Kier molecular flexibility index (Phi) is 3.51. The molecule has 4 heteroatoms. The predicted octanol–water partition coefficient (Wildman–Crippen LogP) is 3.77. The zero-order valence-corrected chi connectivity index (χ0v) is 13.1. The van der Waals surface area contributed by atoms with Gasteiger partial charge in [0.2, 0.25) is 0 Å². The Balaban J connectivity index is 1.43. The summed E-state index contributed by atoms with van der Waals surface area (Å²) in [5, 5.41) is 0. The second-order valence-corrected chi connectivity index (χ2v) is 7.68. The van der Waals surface area contributed by atoms with Gasteiger partial charge in [-0.25, -0.2) is 9.18 Å². The molecular formula is C19H21FO3. The Hall–Kier alpha value is -1.71. The third kappa shape index (κ3) is 2.58. The highest BCUT2D eigenvalue weighted by Gasteiger charge is 2.54. The van der Waals surface area contributed by atoms with E-state index in [9.17, 15) is 14.0 Å². The largest absolute Gasteiger partial charge is 0.454 e. The van der Waals surface area contributed by atoms with Gasteiger partial charge in [0.05, 0.1) is 5.56 Å². The van der Waals surface area contributed by atoms with E-state index < -0.39 is 11.8 Å². The van der Waals surface area contributed by atoms with Gasteiger partial charge in [0.1, 0.15) is 5.82 Å². The number of carbonyl (C=O) groups excluding carboxylic acids is 2. The van der Waals surface area contributed by atoms with Gasteiger partial charge in [-0.15, -0.1) is 0 Å². The van der Waals surface area contributed by atoms with Crippen LogP contribution in [-0.4, -0.2) is 18.4 Å². The minimum absolute atomic E-state index is 0.0429. The highest BCUT2D eigenvalue weighted by Crippen LogP contribution is 2.60. The molecule has 0 aliphatic heterocycles. The van der Waals surface area contributed by atoms with E-state index in [2.05, 4.69) is 0 Å². The lowest BCUT2D eigenvalue weighted by Crippen LogP contribution is -2.51. The van der Waals surface area contributed by atoms with Crippen molar-refractivity contribution in [1.82, 2.24) is 0 Å². The molecule has 0 heterocycles. The molecule has 4 aliphatic rings. The molecule has 0 radical (unpaired) electrons. The first-order chi connectivity index (χ1) is 11.1. The zero-order valence-electron chi connectivity index (χ0n) is 13.1. The average Bonchev–Trinajstić information content (AvgIpc) is 2.51. The van der Waals surface area contributed by atoms with Crippen molar-refractivity contribution in [2.75, 3.05) is 6.61 Å². The van der Waals surface area contributed by atoms with Gasteiger partial charge in [-0.05, 0) is 68.4 Å². The molecule has 0 spiro atoms. The average molecular weight is 316 g/mol. The fourth-order valence-corrected chi connectivity index (χ4v) is 5.44. The van der Waals surface area contributed by atoms with E-state index >= 15 is 0 Å². The third-order valence-electron chi connectivity index (χ3n) is 6.06. The topological polar surface area (TPSA) is 43.4 Å². The van der Waals surface area contributed by atoms with Crippen LogP contribution in [0.5, 0.6) is 0 Å². The van der Waals surface area contributed by atoms with Gasteiger partial charge in [0.25, 0.3) is 0 Å². The molecule has 4 bridgehead atoms. The fourth-order valence-electron chi connectivity index (χ4n) is 5.44. The summed E-state index contributed by atoms with van der Waals surface area (Å²) in [5.74, 6) is 0.703. The maximum absolute atomic E-state index is 13.6. The summed E-state index contributed by atoms with van der Waals surface area (Å²) < 4.78 is 18.7. The van der Waals surface area contributed by atoms with Crippen LogP contribution in [0.1, 0.15) is 48.9 Å². The number of esters is 1. The molecule has 23 heavy (non-hydrogen) atoms. The Labute approximate surface area is 135 Å². The van der Waals surface area contributed by atoms with Crippen LogP contribution in [0.2, 0.25) is 0 Å². The first-order valence-corrected chi connectivity index (χ1v) is 8.51. The van der Waals surface area contributed by atoms with Crippen molar-refractivity contribution in [3.05, 3.63) is 35.6 Å². The summed E-state index contributed by atoms with van der Waals surface area (Å²) in [5.41, 5.74) is -0.379. The highest BCUT2D eigenvalue weighted by atomic mass is 19.1. The molecule has 4 fully saturated rings. The van der Waals surface area contributed by atoms with E-state index in [1.165, 1.54) is 37.5 Å². The molecule has 122 valence electrons. The number of ether oxygens (including phenoxy) is 1. The highest BCUT2D eigenvalue weighted by molar-refractivity contribution is 5.93. The molecular weight excluding hydrogens is 295 g/mol. The molecule has 0 amide bonds. The van der Waals surface area contributed by atoms with Crippen LogP contribution in [0.3, 0.4) is 0 Å². The van der Waals surface area contributed by atoms with Crippen molar-refractivity contribution < 1.29 is 18.7 Å². The van der Waals surface area contributed by atoms with Crippen molar-refractivity contribution in [2.45, 2.75) is 38.5 Å². The molecule has 0 unspecified atom stereocenters. The number of carbonyl (C=O) groups is 2. The van der Waals surface area contributed by atoms with Gasteiger partial charge in [-0.2, -0.15) is 0 Å². The third-order valence-corrected chi connectivity index (χ3v) is 6.06. The zero-order chi connectivity index (χ0) is 16.0. The van der Waals surface area contributed by atoms with E-state index in [0.29, 0.717) is 17.8 Å². The van der Waals surface area contributed by atoms with Crippen LogP contribution in [0.15, 0.2) is 24.3 Å². The number of Topliss-reactive ketones (excluding diaryl/α,β-unsaturated/α-hetero) is 1. The number of hydrogen-bond acceptors (Lipinski definition) is 3. The minimum atomic E-state index is -0.749.